The normalized spacial score (nSPS) is 15.6. The van der Waals surface area contributed by atoms with Crippen LogP contribution in [0.25, 0.3) is 0 Å². The predicted molar refractivity (Wildman–Crippen MR) is 85.3 cm³/mol. The Hall–Kier alpha value is -2.15. The Labute approximate surface area is 130 Å². The molecule has 0 aromatic carbocycles. The Morgan fingerprint density at radius 2 is 2.05 bits per heavy atom. The van der Waals surface area contributed by atoms with E-state index in [1.807, 2.05) is 12.1 Å². The second-order valence-corrected chi connectivity index (χ2v) is 5.51. The lowest BCUT2D eigenvalue weighted by atomic mass is 9.96. The van der Waals surface area contributed by atoms with Crippen LogP contribution in [0.4, 0.5) is 11.5 Å². The van der Waals surface area contributed by atoms with Gasteiger partial charge in [-0.3, -0.25) is 9.59 Å². The first-order valence-electron chi connectivity index (χ1n) is 7.60. The summed E-state index contributed by atoms with van der Waals surface area (Å²) >= 11 is 0. The van der Waals surface area contributed by atoms with E-state index >= 15 is 0 Å². The molecule has 1 fully saturated rings. The van der Waals surface area contributed by atoms with Crippen molar-refractivity contribution in [3.63, 3.8) is 0 Å². The molecule has 0 aliphatic carbocycles. The number of piperidine rings is 1. The van der Waals surface area contributed by atoms with E-state index in [9.17, 15) is 9.59 Å². The van der Waals surface area contributed by atoms with Gasteiger partial charge in [0.1, 0.15) is 5.82 Å². The van der Waals surface area contributed by atoms with Gasteiger partial charge in [0.2, 0.25) is 11.8 Å². The Bertz CT molecular complexity index is 509. The van der Waals surface area contributed by atoms with Crippen molar-refractivity contribution >= 4 is 23.3 Å². The molecule has 0 atom stereocenters. The van der Waals surface area contributed by atoms with Crippen LogP contribution in [0.2, 0.25) is 0 Å². The van der Waals surface area contributed by atoms with Crippen LogP contribution in [0.5, 0.6) is 0 Å². The Morgan fingerprint density at radius 1 is 1.32 bits per heavy atom. The third kappa shape index (κ3) is 4.42. The summed E-state index contributed by atoms with van der Waals surface area (Å²) in [7, 11) is 0. The van der Waals surface area contributed by atoms with Gasteiger partial charge in [0.15, 0.2) is 0 Å². The summed E-state index contributed by atoms with van der Waals surface area (Å²) in [6, 6.07) is 3.71. The van der Waals surface area contributed by atoms with Crippen LogP contribution in [-0.4, -0.2) is 36.4 Å². The molecule has 2 rings (SSSR count). The maximum atomic E-state index is 11.6. The molecule has 2 heterocycles. The van der Waals surface area contributed by atoms with E-state index < -0.39 is 0 Å². The van der Waals surface area contributed by atoms with E-state index in [-0.39, 0.29) is 17.7 Å². The second-order valence-electron chi connectivity index (χ2n) is 5.51. The number of nitrogens with zero attached hydrogens (tertiary/aromatic N) is 2. The van der Waals surface area contributed by atoms with Gasteiger partial charge < -0.3 is 21.7 Å². The van der Waals surface area contributed by atoms with Crippen LogP contribution >= 0.6 is 0 Å². The number of carbonyl (C=O) groups is 2. The van der Waals surface area contributed by atoms with Crippen LogP contribution in [-0.2, 0) is 9.59 Å². The summed E-state index contributed by atoms with van der Waals surface area (Å²) in [5.74, 6) is 0.547. The molecule has 22 heavy (non-hydrogen) atoms. The van der Waals surface area contributed by atoms with Crippen LogP contribution in [0.3, 0.4) is 0 Å². The summed E-state index contributed by atoms with van der Waals surface area (Å²) in [6.45, 7) is 2.04. The predicted octanol–water partition coefficient (Wildman–Crippen LogP) is 0.461. The maximum Gasteiger partial charge on any atom is 0.224 e. The number of hydrogen-bond acceptors (Lipinski definition) is 5. The van der Waals surface area contributed by atoms with Crippen molar-refractivity contribution in [3.8, 4) is 0 Å². The molecule has 1 aliphatic heterocycles. The molecule has 5 N–H and O–H groups in total. The molecule has 0 spiro atoms. The summed E-state index contributed by atoms with van der Waals surface area (Å²) in [5.41, 5.74) is 11.4. The molecular formula is C15H23N5O2. The number of aromatic nitrogens is 1. The topological polar surface area (TPSA) is 114 Å². The third-order valence-corrected chi connectivity index (χ3v) is 3.86. The molecule has 0 unspecified atom stereocenters. The van der Waals surface area contributed by atoms with Gasteiger partial charge in [0, 0.05) is 25.4 Å². The Morgan fingerprint density at radius 3 is 2.59 bits per heavy atom. The number of pyridine rings is 1. The van der Waals surface area contributed by atoms with Crippen LogP contribution < -0.4 is 21.7 Å². The fourth-order valence-electron chi connectivity index (χ4n) is 2.53. The minimum absolute atomic E-state index is 0.0302. The first-order chi connectivity index (χ1) is 10.6. The van der Waals surface area contributed by atoms with Gasteiger partial charge >= 0.3 is 0 Å². The van der Waals surface area contributed by atoms with Gasteiger partial charge in [-0.1, -0.05) is 0 Å². The SMILES string of the molecule is NCCCC(=O)Nc1ccc(N2CCC(C(N)=O)CC2)nc1. The Balaban J connectivity index is 1.87. The molecule has 7 heteroatoms. The van der Waals surface area contributed by atoms with E-state index in [1.54, 1.807) is 6.20 Å². The molecule has 0 saturated carbocycles. The summed E-state index contributed by atoms with van der Waals surface area (Å²) in [5, 5.41) is 2.79. The standard InChI is InChI=1S/C15H23N5O2/c16-7-1-2-14(21)19-12-3-4-13(18-10-12)20-8-5-11(6-9-20)15(17)22/h3-4,10-11H,1-2,5-9,16H2,(H2,17,22)(H,19,21). The van der Waals surface area contributed by atoms with E-state index in [2.05, 4.69) is 15.2 Å². The van der Waals surface area contributed by atoms with Gasteiger partial charge in [0.05, 0.1) is 11.9 Å². The molecule has 1 aromatic rings. The van der Waals surface area contributed by atoms with Gasteiger partial charge in [-0.2, -0.15) is 0 Å². The van der Waals surface area contributed by atoms with E-state index in [1.165, 1.54) is 0 Å². The van der Waals surface area contributed by atoms with Gasteiger partial charge in [0.25, 0.3) is 0 Å². The molecule has 0 bridgehead atoms. The first-order valence-corrected chi connectivity index (χ1v) is 7.60. The third-order valence-electron chi connectivity index (χ3n) is 3.86. The van der Waals surface area contributed by atoms with Crippen molar-refractivity contribution in [1.82, 2.24) is 4.98 Å². The number of anilines is 2. The minimum Gasteiger partial charge on any atom is -0.369 e. The summed E-state index contributed by atoms with van der Waals surface area (Å²) in [4.78, 5) is 29.3. The number of amides is 2. The van der Waals surface area contributed by atoms with Crippen molar-refractivity contribution in [2.75, 3.05) is 29.9 Å². The van der Waals surface area contributed by atoms with Gasteiger partial charge in [-0.25, -0.2) is 4.98 Å². The quantitative estimate of drug-likeness (QED) is 0.706. The highest BCUT2D eigenvalue weighted by molar-refractivity contribution is 5.90. The average molecular weight is 305 g/mol. The van der Waals surface area contributed by atoms with Crippen molar-refractivity contribution in [2.24, 2.45) is 17.4 Å². The monoisotopic (exact) mass is 305 g/mol. The van der Waals surface area contributed by atoms with Crippen molar-refractivity contribution in [2.45, 2.75) is 25.7 Å². The fourth-order valence-corrected chi connectivity index (χ4v) is 2.53. The summed E-state index contributed by atoms with van der Waals surface area (Å²) in [6.07, 6.45) is 4.25. The second kappa shape index (κ2) is 7.74. The van der Waals surface area contributed by atoms with Crippen LogP contribution in [0, 0.1) is 5.92 Å². The largest absolute Gasteiger partial charge is 0.369 e. The summed E-state index contributed by atoms with van der Waals surface area (Å²) < 4.78 is 0. The number of nitrogens with one attached hydrogen (secondary N) is 1. The van der Waals surface area contributed by atoms with Crippen molar-refractivity contribution < 1.29 is 9.59 Å². The number of hydrogen-bond donors (Lipinski definition) is 3. The lowest BCUT2D eigenvalue weighted by Gasteiger charge is -2.31. The highest BCUT2D eigenvalue weighted by Gasteiger charge is 2.23. The molecule has 1 saturated heterocycles. The van der Waals surface area contributed by atoms with Crippen molar-refractivity contribution in [3.05, 3.63) is 18.3 Å². The van der Waals surface area contributed by atoms with E-state index in [0.29, 0.717) is 25.1 Å². The Kier molecular flexibility index (Phi) is 5.71. The molecule has 120 valence electrons. The zero-order valence-corrected chi connectivity index (χ0v) is 12.6. The van der Waals surface area contributed by atoms with E-state index in [4.69, 9.17) is 11.5 Å². The number of carbonyl (C=O) groups excluding carboxylic acids is 2. The lowest BCUT2D eigenvalue weighted by Crippen LogP contribution is -2.38. The fraction of sp³-hybridized carbons (Fsp3) is 0.533. The van der Waals surface area contributed by atoms with Crippen LogP contribution in [0.1, 0.15) is 25.7 Å². The number of primary amides is 1. The van der Waals surface area contributed by atoms with Gasteiger partial charge in [-0.15, -0.1) is 0 Å². The smallest absolute Gasteiger partial charge is 0.224 e. The number of rotatable bonds is 6. The van der Waals surface area contributed by atoms with Crippen molar-refractivity contribution in [1.29, 1.82) is 0 Å². The lowest BCUT2D eigenvalue weighted by molar-refractivity contribution is -0.122. The molecule has 2 amide bonds. The molecule has 1 aromatic heterocycles. The van der Waals surface area contributed by atoms with Crippen LogP contribution in [0.15, 0.2) is 18.3 Å². The molecule has 1 aliphatic rings. The zero-order chi connectivity index (χ0) is 15.9. The van der Waals surface area contributed by atoms with E-state index in [0.717, 1.165) is 31.7 Å². The first kappa shape index (κ1) is 16.2. The minimum atomic E-state index is -0.219. The highest BCUT2D eigenvalue weighted by atomic mass is 16.2. The number of nitrogens with two attached hydrogens (primary N) is 2. The maximum absolute atomic E-state index is 11.6. The van der Waals surface area contributed by atoms with Gasteiger partial charge in [-0.05, 0) is 37.9 Å². The highest BCUT2D eigenvalue weighted by Crippen LogP contribution is 2.22. The zero-order valence-electron chi connectivity index (χ0n) is 12.6. The molecule has 0 radical (unpaired) electrons. The molecule has 7 nitrogen and oxygen atoms in total. The average Bonchev–Trinajstić information content (AvgIpc) is 2.54. The molecular weight excluding hydrogens is 282 g/mol.